The number of carboxylic acids is 1. The standard InChI is InChI=1S/C23H31BrN2O3/c1-6-7-8-17(3)26-21-12-11-20(23(27)28)14-22(21)25-15-19(13-16(2)24)10-9-18(4)29-5/h9-15,17-18,26H,2,6-8H2,1,3-5H3,(H,27,28)/b10-9-,19-13+,25-15?. The zero-order valence-corrected chi connectivity index (χ0v) is 19.2. The van der Waals surface area contributed by atoms with E-state index in [4.69, 9.17) is 4.74 Å². The van der Waals surface area contributed by atoms with Gasteiger partial charge in [-0.15, -0.1) is 0 Å². The molecule has 1 aromatic carbocycles. The predicted molar refractivity (Wildman–Crippen MR) is 126 cm³/mol. The fourth-order valence-corrected chi connectivity index (χ4v) is 2.78. The van der Waals surface area contributed by atoms with E-state index in [1.165, 1.54) is 0 Å². The maximum absolute atomic E-state index is 11.4. The maximum Gasteiger partial charge on any atom is 0.335 e. The summed E-state index contributed by atoms with van der Waals surface area (Å²) in [5.41, 5.74) is 2.39. The minimum Gasteiger partial charge on any atom is -0.478 e. The lowest BCUT2D eigenvalue weighted by atomic mass is 10.1. The van der Waals surface area contributed by atoms with Gasteiger partial charge in [-0.05, 0) is 50.1 Å². The molecule has 0 aliphatic carbocycles. The smallest absolute Gasteiger partial charge is 0.335 e. The van der Waals surface area contributed by atoms with Gasteiger partial charge < -0.3 is 15.2 Å². The number of aliphatic imine (C=N–C) groups is 1. The number of carboxylic acid groups (broad SMARTS) is 1. The Bertz CT molecular complexity index is 784. The Balaban J connectivity index is 3.22. The number of hydrogen-bond donors (Lipinski definition) is 2. The Morgan fingerprint density at radius 3 is 2.72 bits per heavy atom. The molecule has 6 heteroatoms. The summed E-state index contributed by atoms with van der Waals surface area (Å²) < 4.78 is 5.95. The van der Waals surface area contributed by atoms with Crippen LogP contribution in [0.4, 0.5) is 11.4 Å². The lowest BCUT2D eigenvalue weighted by Gasteiger charge is -2.17. The van der Waals surface area contributed by atoms with E-state index in [9.17, 15) is 9.90 Å². The number of allylic oxidation sites excluding steroid dienone is 4. The number of anilines is 1. The van der Waals surface area contributed by atoms with Crippen molar-refractivity contribution in [3.8, 4) is 0 Å². The molecule has 0 spiro atoms. The molecule has 0 aliphatic heterocycles. The molecule has 1 aromatic rings. The van der Waals surface area contributed by atoms with E-state index in [1.54, 1.807) is 31.5 Å². The van der Waals surface area contributed by atoms with E-state index < -0.39 is 5.97 Å². The predicted octanol–water partition coefficient (Wildman–Crippen LogP) is 6.50. The summed E-state index contributed by atoms with van der Waals surface area (Å²) in [5, 5.41) is 12.8. The van der Waals surface area contributed by atoms with Gasteiger partial charge in [0.25, 0.3) is 0 Å². The fourth-order valence-electron chi connectivity index (χ4n) is 2.52. The summed E-state index contributed by atoms with van der Waals surface area (Å²) in [5.74, 6) is -0.981. The average Bonchev–Trinajstić information content (AvgIpc) is 2.68. The Morgan fingerprint density at radius 1 is 1.41 bits per heavy atom. The largest absolute Gasteiger partial charge is 0.478 e. The van der Waals surface area contributed by atoms with Crippen LogP contribution in [0.25, 0.3) is 0 Å². The van der Waals surface area contributed by atoms with Crippen molar-refractivity contribution in [2.24, 2.45) is 4.99 Å². The van der Waals surface area contributed by atoms with Gasteiger partial charge in [0.1, 0.15) is 0 Å². The number of nitrogens with zero attached hydrogens (tertiary/aromatic N) is 1. The molecule has 0 bridgehead atoms. The number of ether oxygens (including phenoxy) is 1. The summed E-state index contributed by atoms with van der Waals surface area (Å²) in [4.78, 5) is 16.0. The van der Waals surface area contributed by atoms with Gasteiger partial charge in [0.2, 0.25) is 0 Å². The molecule has 0 saturated heterocycles. The number of aromatic carboxylic acids is 1. The number of carbonyl (C=O) groups is 1. The number of benzene rings is 1. The van der Waals surface area contributed by atoms with Crippen molar-refractivity contribution in [1.29, 1.82) is 0 Å². The SMILES string of the molecule is C=C(Br)/C=C(C=Nc1cc(C(=O)O)ccc1NC(C)CCCC)\C=C/C(C)OC. The van der Waals surface area contributed by atoms with Crippen LogP contribution in [0.5, 0.6) is 0 Å². The molecule has 0 aromatic heterocycles. The Labute approximate surface area is 182 Å². The topological polar surface area (TPSA) is 70.9 Å². The van der Waals surface area contributed by atoms with Crippen LogP contribution in [-0.2, 0) is 4.74 Å². The van der Waals surface area contributed by atoms with Gasteiger partial charge in [0.15, 0.2) is 0 Å². The van der Waals surface area contributed by atoms with Gasteiger partial charge in [0, 0.05) is 23.8 Å². The molecule has 5 nitrogen and oxygen atoms in total. The van der Waals surface area contributed by atoms with E-state index >= 15 is 0 Å². The first-order valence-electron chi connectivity index (χ1n) is 9.71. The molecule has 2 unspecified atom stereocenters. The molecule has 2 atom stereocenters. The molecule has 0 heterocycles. The second-order valence-corrected chi connectivity index (χ2v) is 7.89. The number of nitrogens with one attached hydrogen (secondary N) is 1. The number of rotatable bonds is 12. The molecular formula is C23H31BrN2O3. The van der Waals surface area contributed by atoms with Crippen LogP contribution in [0.3, 0.4) is 0 Å². The van der Waals surface area contributed by atoms with Crippen molar-refractivity contribution >= 4 is 39.5 Å². The van der Waals surface area contributed by atoms with Crippen LogP contribution >= 0.6 is 15.9 Å². The first kappa shape index (κ1) is 24.9. The van der Waals surface area contributed by atoms with E-state index in [0.29, 0.717) is 10.2 Å². The zero-order chi connectivity index (χ0) is 21.8. The third-order valence-corrected chi connectivity index (χ3v) is 4.47. The van der Waals surface area contributed by atoms with E-state index in [0.717, 1.165) is 30.5 Å². The van der Waals surface area contributed by atoms with Crippen molar-refractivity contribution in [3.63, 3.8) is 0 Å². The monoisotopic (exact) mass is 462 g/mol. The first-order valence-corrected chi connectivity index (χ1v) is 10.5. The number of hydrogen-bond acceptors (Lipinski definition) is 4. The van der Waals surface area contributed by atoms with E-state index in [1.807, 2.05) is 25.2 Å². The van der Waals surface area contributed by atoms with Crippen molar-refractivity contribution in [3.05, 3.63) is 58.6 Å². The van der Waals surface area contributed by atoms with E-state index in [2.05, 4.69) is 46.7 Å². The van der Waals surface area contributed by atoms with Crippen LogP contribution in [-0.4, -0.2) is 36.5 Å². The molecule has 2 N–H and O–H groups in total. The van der Waals surface area contributed by atoms with Gasteiger partial charge >= 0.3 is 5.97 Å². The molecule has 1 rings (SSSR count). The van der Waals surface area contributed by atoms with Crippen molar-refractivity contribution < 1.29 is 14.6 Å². The van der Waals surface area contributed by atoms with Gasteiger partial charge in [-0.25, -0.2) is 4.79 Å². The molecule has 0 fully saturated rings. The van der Waals surface area contributed by atoms with Crippen molar-refractivity contribution in [2.75, 3.05) is 12.4 Å². The Kier molecular flexibility index (Phi) is 11.2. The summed E-state index contributed by atoms with van der Waals surface area (Å²) in [6, 6.07) is 5.21. The summed E-state index contributed by atoms with van der Waals surface area (Å²) in [7, 11) is 1.64. The number of halogens is 1. The Morgan fingerprint density at radius 2 is 2.14 bits per heavy atom. The molecule has 0 radical (unpaired) electrons. The highest BCUT2D eigenvalue weighted by atomic mass is 79.9. The molecule has 29 heavy (non-hydrogen) atoms. The van der Waals surface area contributed by atoms with Crippen molar-refractivity contribution in [2.45, 2.75) is 52.2 Å². The summed E-state index contributed by atoms with van der Waals surface area (Å²) in [6.45, 7) is 10.1. The molecule has 158 valence electrons. The Hall–Kier alpha value is -2.18. The highest BCUT2D eigenvalue weighted by molar-refractivity contribution is 9.11. The average molecular weight is 463 g/mol. The zero-order valence-electron chi connectivity index (χ0n) is 17.6. The summed E-state index contributed by atoms with van der Waals surface area (Å²) in [6.07, 6.45) is 10.6. The number of methoxy groups -OCH3 is 1. The second-order valence-electron chi connectivity index (χ2n) is 6.87. The summed E-state index contributed by atoms with van der Waals surface area (Å²) >= 11 is 3.34. The number of unbranched alkanes of at least 4 members (excludes halogenated alkanes) is 1. The van der Waals surface area contributed by atoms with Crippen LogP contribution in [0, 0.1) is 0 Å². The third-order valence-electron chi connectivity index (χ3n) is 4.24. The van der Waals surface area contributed by atoms with E-state index in [-0.39, 0.29) is 17.7 Å². The molecule has 0 saturated carbocycles. The van der Waals surface area contributed by atoms with Crippen LogP contribution < -0.4 is 5.32 Å². The highest BCUT2D eigenvalue weighted by Gasteiger charge is 2.10. The van der Waals surface area contributed by atoms with Gasteiger partial charge in [-0.2, -0.15) is 0 Å². The van der Waals surface area contributed by atoms with Gasteiger partial charge in [-0.3, -0.25) is 4.99 Å². The second kappa shape index (κ2) is 13.1. The third kappa shape index (κ3) is 9.72. The normalized spacial score (nSPS) is 14.3. The van der Waals surface area contributed by atoms with Crippen LogP contribution in [0.15, 0.2) is 58.1 Å². The lowest BCUT2D eigenvalue weighted by molar-refractivity contribution is 0.0697. The van der Waals surface area contributed by atoms with Crippen molar-refractivity contribution in [1.82, 2.24) is 0 Å². The molecule has 0 amide bonds. The fraction of sp³-hybridized carbons (Fsp3) is 0.391. The minimum absolute atomic E-state index is 0.0395. The minimum atomic E-state index is -0.981. The van der Waals surface area contributed by atoms with Crippen LogP contribution in [0.2, 0.25) is 0 Å². The highest BCUT2D eigenvalue weighted by Crippen LogP contribution is 2.28. The quantitative estimate of drug-likeness (QED) is 0.274. The molecular weight excluding hydrogens is 432 g/mol. The maximum atomic E-state index is 11.4. The molecule has 0 aliphatic rings. The first-order chi connectivity index (χ1) is 13.8. The van der Waals surface area contributed by atoms with Gasteiger partial charge in [0.05, 0.1) is 23.0 Å². The van der Waals surface area contributed by atoms with Gasteiger partial charge in [-0.1, -0.05) is 54.4 Å². The van der Waals surface area contributed by atoms with Crippen LogP contribution in [0.1, 0.15) is 50.4 Å². The lowest BCUT2D eigenvalue weighted by Crippen LogP contribution is -2.15.